The van der Waals surface area contributed by atoms with E-state index < -0.39 is 5.60 Å². The quantitative estimate of drug-likeness (QED) is 0.665. The number of carbonyl (C=O) groups is 1. The Balaban J connectivity index is 0.990. The normalized spacial score (nSPS) is 32.2. The van der Waals surface area contributed by atoms with Crippen LogP contribution in [0.3, 0.4) is 0 Å². The third-order valence-electron chi connectivity index (χ3n) is 8.74. The van der Waals surface area contributed by atoms with Gasteiger partial charge in [0.1, 0.15) is 0 Å². The molecule has 2 aliphatic carbocycles. The maximum atomic E-state index is 12.7. The Morgan fingerprint density at radius 2 is 1.88 bits per heavy atom. The molecular formula is C27H42N4O3. The minimum atomic E-state index is -0.575. The molecule has 3 fully saturated rings. The lowest BCUT2D eigenvalue weighted by molar-refractivity contribution is -0.128. The molecule has 0 radical (unpaired) electrons. The summed E-state index contributed by atoms with van der Waals surface area (Å²) in [6, 6.07) is 2.43. The molecule has 1 saturated heterocycles. The lowest BCUT2D eigenvalue weighted by Crippen LogP contribution is -2.47. The number of piperazine rings is 1. The molecule has 2 aliphatic heterocycles. The first kappa shape index (κ1) is 23.9. The molecular weight excluding hydrogens is 428 g/mol. The maximum Gasteiger partial charge on any atom is 0.223 e. The fourth-order valence-corrected chi connectivity index (χ4v) is 6.28. The minimum absolute atomic E-state index is 0.0929. The van der Waals surface area contributed by atoms with Crippen LogP contribution in [0.4, 0.5) is 5.82 Å². The molecule has 4 aliphatic rings. The van der Waals surface area contributed by atoms with E-state index in [0.29, 0.717) is 6.04 Å². The molecule has 188 valence electrons. The van der Waals surface area contributed by atoms with Gasteiger partial charge in [-0.2, -0.15) is 0 Å². The van der Waals surface area contributed by atoms with Gasteiger partial charge in [-0.3, -0.25) is 9.69 Å². The van der Waals surface area contributed by atoms with E-state index in [2.05, 4.69) is 26.2 Å². The number of anilines is 1. The minimum Gasteiger partial charge on any atom is -0.489 e. The molecule has 1 amide bonds. The summed E-state index contributed by atoms with van der Waals surface area (Å²) in [6.45, 7) is 8.06. The van der Waals surface area contributed by atoms with Crippen molar-refractivity contribution in [3.8, 4) is 5.75 Å². The Bertz CT molecular complexity index is 834. The fourth-order valence-electron chi connectivity index (χ4n) is 6.28. The van der Waals surface area contributed by atoms with Crippen LogP contribution in [0.15, 0.2) is 12.3 Å². The highest BCUT2D eigenvalue weighted by Gasteiger charge is 2.33. The number of nitrogens with one attached hydrogen (secondary N) is 1. The number of nitrogens with zero attached hydrogens (tertiary/aromatic N) is 3. The Morgan fingerprint density at radius 3 is 2.62 bits per heavy atom. The molecule has 3 heterocycles. The number of aromatic nitrogens is 1. The second-order valence-corrected chi connectivity index (χ2v) is 11.3. The van der Waals surface area contributed by atoms with Gasteiger partial charge < -0.3 is 20.1 Å². The van der Waals surface area contributed by atoms with Crippen LogP contribution in [-0.4, -0.2) is 71.9 Å². The maximum absolute atomic E-state index is 12.7. The number of aliphatic hydroxyl groups is 1. The third-order valence-corrected chi connectivity index (χ3v) is 8.74. The molecule has 7 heteroatoms. The Labute approximate surface area is 204 Å². The van der Waals surface area contributed by atoms with Crippen molar-refractivity contribution in [1.29, 1.82) is 0 Å². The summed E-state index contributed by atoms with van der Waals surface area (Å²) in [4.78, 5) is 22.3. The van der Waals surface area contributed by atoms with Crippen molar-refractivity contribution in [2.45, 2.75) is 82.8 Å². The van der Waals surface area contributed by atoms with Gasteiger partial charge in [0.2, 0.25) is 5.91 Å². The van der Waals surface area contributed by atoms with Gasteiger partial charge in [-0.15, -0.1) is 0 Å². The third kappa shape index (κ3) is 5.68. The van der Waals surface area contributed by atoms with E-state index in [9.17, 15) is 9.90 Å². The smallest absolute Gasteiger partial charge is 0.223 e. The second-order valence-electron chi connectivity index (χ2n) is 11.3. The Hall–Kier alpha value is -1.86. The van der Waals surface area contributed by atoms with Crippen LogP contribution in [0.2, 0.25) is 0 Å². The lowest BCUT2D eigenvalue weighted by Gasteiger charge is -2.37. The lowest BCUT2D eigenvalue weighted by atomic mass is 9.79. The molecule has 0 atom stereocenters. The van der Waals surface area contributed by atoms with Crippen LogP contribution in [0.25, 0.3) is 0 Å². The van der Waals surface area contributed by atoms with Gasteiger partial charge in [0.25, 0.3) is 0 Å². The molecule has 0 unspecified atom stereocenters. The Morgan fingerprint density at radius 1 is 1.15 bits per heavy atom. The summed E-state index contributed by atoms with van der Waals surface area (Å²) in [5, 5.41) is 13.5. The second kappa shape index (κ2) is 10.4. The van der Waals surface area contributed by atoms with Crippen molar-refractivity contribution in [2.24, 2.45) is 11.8 Å². The zero-order chi connectivity index (χ0) is 23.5. The topological polar surface area (TPSA) is 77.9 Å². The highest BCUT2D eigenvalue weighted by molar-refractivity contribution is 5.79. The number of hydrogen-bond donors (Lipinski definition) is 2. The van der Waals surface area contributed by atoms with Crippen molar-refractivity contribution < 1.29 is 14.6 Å². The van der Waals surface area contributed by atoms with E-state index in [1.54, 1.807) is 0 Å². The highest BCUT2D eigenvalue weighted by Crippen LogP contribution is 2.35. The number of amides is 1. The number of rotatable bonds is 6. The molecule has 1 aromatic heterocycles. The summed E-state index contributed by atoms with van der Waals surface area (Å²) >= 11 is 0. The average molecular weight is 471 g/mol. The SMILES string of the molecule is CC1(O)CCC(C(=O)NC2CCC(CCN3CCN(c4nccc5c4OCC5)CC3)CC2)CC1. The van der Waals surface area contributed by atoms with Gasteiger partial charge in [-0.25, -0.2) is 4.98 Å². The number of ether oxygens (including phenoxy) is 1. The van der Waals surface area contributed by atoms with Crippen molar-refractivity contribution in [2.75, 3.05) is 44.2 Å². The largest absolute Gasteiger partial charge is 0.489 e. The van der Waals surface area contributed by atoms with Gasteiger partial charge in [0.05, 0.1) is 12.2 Å². The van der Waals surface area contributed by atoms with E-state index >= 15 is 0 Å². The van der Waals surface area contributed by atoms with Crippen LogP contribution >= 0.6 is 0 Å². The molecule has 0 bridgehead atoms. The zero-order valence-corrected chi connectivity index (χ0v) is 20.8. The summed E-state index contributed by atoms with van der Waals surface area (Å²) < 4.78 is 5.86. The van der Waals surface area contributed by atoms with E-state index in [1.165, 1.54) is 31.4 Å². The summed E-state index contributed by atoms with van der Waals surface area (Å²) in [7, 11) is 0. The van der Waals surface area contributed by atoms with E-state index in [4.69, 9.17) is 4.74 Å². The summed E-state index contributed by atoms with van der Waals surface area (Å²) in [5.74, 6) is 3.14. The van der Waals surface area contributed by atoms with Gasteiger partial charge in [-0.05, 0) is 83.2 Å². The number of hydrogen-bond acceptors (Lipinski definition) is 6. The number of carbonyl (C=O) groups excluding carboxylic acids is 1. The first-order chi connectivity index (χ1) is 16.5. The molecule has 1 aromatic rings. The molecule has 2 saturated carbocycles. The van der Waals surface area contributed by atoms with Gasteiger partial charge in [-0.1, -0.05) is 0 Å². The standard InChI is InChI=1S/C27H42N4O3/c1-27(33)11-6-22(7-12-27)26(32)29-23-4-2-20(3-5-23)9-14-30-15-17-31(18-16-30)25-24-21(8-13-28-25)10-19-34-24/h8,13,20,22-23,33H,2-7,9-12,14-19H2,1H3,(H,29,32). The number of pyridine rings is 1. The van der Waals surface area contributed by atoms with Crippen molar-refractivity contribution in [3.05, 3.63) is 17.8 Å². The van der Waals surface area contributed by atoms with Crippen LogP contribution in [0.1, 0.15) is 70.3 Å². The highest BCUT2D eigenvalue weighted by atomic mass is 16.5. The van der Waals surface area contributed by atoms with Gasteiger partial charge in [0, 0.05) is 56.3 Å². The molecule has 0 aromatic carbocycles. The molecule has 34 heavy (non-hydrogen) atoms. The number of fused-ring (bicyclic) bond motifs is 1. The monoisotopic (exact) mass is 470 g/mol. The van der Waals surface area contributed by atoms with Crippen LogP contribution in [-0.2, 0) is 11.2 Å². The van der Waals surface area contributed by atoms with E-state index in [-0.39, 0.29) is 11.8 Å². The summed E-state index contributed by atoms with van der Waals surface area (Å²) in [5.41, 5.74) is 0.722. The molecule has 0 spiro atoms. The Kier molecular flexibility index (Phi) is 7.30. The van der Waals surface area contributed by atoms with Crippen LogP contribution < -0.4 is 15.0 Å². The van der Waals surface area contributed by atoms with Gasteiger partial charge in [0.15, 0.2) is 11.6 Å². The molecule has 2 N–H and O–H groups in total. The predicted octanol–water partition coefficient (Wildman–Crippen LogP) is 3.14. The molecule has 7 nitrogen and oxygen atoms in total. The first-order valence-electron chi connectivity index (χ1n) is 13.6. The van der Waals surface area contributed by atoms with Crippen molar-refractivity contribution in [1.82, 2.24) is 15.2 Å². The zero-order valence-electron chi connectivity index (χ0n) is 20.8. The van der Waals surface area contributed by atoms with E-state index in [0.717, 1.165) is 95.2 Å². The average Bonchev–Trinajstić information content (AvgIpc) is 3.33. The fraction of sp³-hybridized carbons (Fsp3) is 0.778. The molecule has 5 rings (SSSR count). The van der Waals surface area contributed by atoms with Gasteiger partial charge >= 0.3 is 0 Å². The van der Waals surface area contributed by atoms with Crippen molar-refractivity contribution >= 4 is 11.7 Å². The van der Waals surface area contributed by atoms with Crippen molar-refractivity contribution in [3.63, 3.8) is 0 Å². The van der Waals surface area contributed by atoms with E-state index in [1.807, 2.05) is 13.1 Å². The first-order valence-corrected chi connectivity index (χ1v) is 13.6. The predicted molar refractivity (Wildman–Crippen MR) is 133 cm³/mol. The van der Waals surface area contributed by atoms with Crippen LogP contribution in [0, 0.1) is 11.8 Å². The summed E-state index contributed by atoms with van der Waals surface area (Å²) in [6.07, 6.45) is 12.0. The van der Waals surface area contributed by atoms with Crippen LogP contribution in [0.5, 0.6) is 5.75 Å².